The molecule has 0 aromatic heterocycles. The van der Waals surface area contributed by atoms with Crippen LogP contribution in [0.2, 0.25) is 0 Å². The monoisotopic (exact) mass is 198 g/mol. The minimum Gasteiger partial charge on any atom is -0.464 e. The van der Waals surface area contributed by atoms with Gasteiger partial charge in [0.1, 0.15) is 6.10 Å². The minimum absolute atomic E-state index is 0.0234. The Hall–Kier alpha value is -1.45. The fourth-order valence-electron chi connectivity index (χ4n) is 1.49. The second-order valence-electron chi connectivity index (χ2n) is 3.29. The van der Waals surface area contributed by atoms with Crippen molar-refractivity contribution in [3.63, 3.8) is 0 Å². The highest BCUT2D eigenvalue weighted by Crippen LogP contribution is 2.43. The average molecular weight is 198 g/mol. The van der Waals surface area contributed by atoms with Crippen molar-refractivity contribution >= 4 is 6.47 Å². The molecule has 1 aromatic carbocycles. The van der Waals surface area contributed by atoms with Gasteiger partial charge in [0, 0.05) is 5.92 Å². The van der Waals surface area contributed by atoms with Crippen LogP contribution in [0.1, 0.15) is 17.9 Å². The second kappa shape index (κ2) is 3.36. The Labute approximate surface area is 79.5 Å². The molecule has 0 bridgehead atoms. The number of rotatable bonds is 3. The van der Waals surface area contributed by atoms with Crippen molar-refractivity contribution in [1.29, 1.82) is 0 Å². The summed E-state index contributed by atoms with van der Waals surface area (Å²) in [5, 5.41) is 0. The molecule has 1 aliphatic carbocycles. The Balaban J connectivity index is 2.12. The number of hydrogen-bond donors (Lipinski definition) is 0. The molecule has 0 amide bonds. The average Bonchev–Trinajstić information content (AvgIpc) is 2.90. The largest absolute Gasteiger partial charge is 0.464 e. The van der Waals surface area contributed by atoms with Gasteiger partial charge in [-0.05, 0) is 24.1 Å². The van der Waals surface area contributed by atoms with Gasteiger partial charge in [0.15, 0.2) is 11.6 Å². The maximum Gasteiger partial charge on any atom is 0.293 e. The van der Waals surface area contributed by atoms with Gasteiger partial charge in [0.25, 0.3) is 6.47 Å². The van der Waals surface area contributed by atoms with Crippen molar-refractivity contribution in [3.05, 3.63) is 35.4 Å². The molecule has 0 N–H and O–H groups in total. The van der Waals surface area contributed by atoms with Crippen LogP contribution in [0.3, 0.4) is 0 Å². The minimum atomic E-state index is -0.862. The summed E-state index contributed by atoms with van der Waals surface area (Å²) >= 11 is 0. The lowest BCUT2D eigenvalue weighted by atomic mass is 10.1. The molecule has 1 aromatic rings. The number of halogens is 2. The third-order valence-electron chi connectivity index (χ3n) is 2.33. The predicted molar refractivity (Wildman–Crippen MR) is 44.7 cm³/mol. The normalized spacial score (nSPS) is 24.4. The molecule has 1 fully saturated rings. The summed E-state index contributed by atoms with van der Waals surface area (Å²) in [5.74, 6) is -1.70. The first-order valence-electron chi connectivity index (χ1n) is 4.26. The molecule has 1 saturated carbocycles. The summed E-state index contributed by atoms with van der Waals surface area (Å²) in [5.41, 5.74) is 0.677. The number of benzene rings is 1. The molecule has 0 radical (unpaired) electrons. The zero-order valence-electron chi connectivity index (χ0n) is 7.24. The molecule has 4 heteroatoms. The highest BCUT2D eigenvalue weighted by Gasteiger charge is 2.40. The van der Waals surface area contributed by atoms with Crippen LogP contribution < -0.4 is 0 Å². The summed E-state index contributed by atoms with van der Waals surface area (Å²) < 4.78 is 30.1. The Morgan fingerprint density at radius 1 is 1.36 bits per heavy atom. The summed E-state index contributed by atoms with van der Waals surface area (Å²) in [6.45, 7) is 0.380. The third kappa shape index (κ3) is 1.60. The zero-order valence-corrected chi connectivity index (χ0v) is 7.24. The quantitative estimate of drug-likeness (QED) is 0.694. The Bertz CT molecular complexity index is 365. The van der Waals surface area contributed by atoms with E-state index in [4.69, 9.17) is 4.74 Å². The van der Waals surface area contributed by atoms with Gasteiger partial charge in [-0.15, -0.1) is 0 Å². The smallest absolute Gasteiger partial charge is 0.293 e. The summed E-state index contributed by atoms with van der Waals surface area (Å²) in [4.78, 5) is 10.00. The van der Waals surface area contributed by atoms with Crippen LogP contribution in [-0.2, 0) is 9.53 Å². The van der Waals surface area contributed by atoms with Crippen molar-refractivity contribution in [2.45, 2.75) is 18.4 Å². The van der Waals surface area contributed by atoms with Crippen LogP contribution in [-0.4, -0.2) is 12.6 Å². The Morgan fingerprint density at radius 3 is 2.79 bits per heavy atom. The lowest BCUT2D eigenvalue weighted by Crippen LogP contribution is -1.95. The Morgan fingerprint density at radius 2 is 2.14 bits per heavy atom. The first kappa shape index (κ1) is 9.12. The van der Waals surface area contributed by atoms with Crippen LogP contribution in [0.5, 0.6) is 0 Å². The van der Waals surface area contributed by atoms with Crippen LogP contribution in [0.25, 0.3) is 0 Å². The van der Waals surface area contributed by atoms with E-state index in [1.54, 1.807) is 0 Å². The molecule has 0 heterocycles. The van der Waals surface area contributed by atoms with Crippen molar-refractivity contribution in [3.8, 4) is 0 Å². The molecule has 2 atom stereocenters. The lowest BCUT2D eigenvalue weighted by molar-refractivity contribution is -0.129. The number of carbonyl (C=O) groups excluding carboxylic acids is 1. The van der Waals surface area contributed by atoms with Gasteiger partial charge in [-0.2, -0.15) is 0 Å². The van der Waals surface area contributed by atoms with E-state index in [1.165, 1.54) is 6.07 Å². The fourth-order valence-corrected chi connectivity index (χ4v) is 1.49. The topological polar surface area (TPSA) is 26.3 Å². The van der Waals surface area contributed by atoms with Crippen molar-refractivity contribution < 1.29 is 18.3 Å². The van der Waals surface area contributed by atoms with E-state index in [0.29, 0.717) is 18.5 Å². The van der Waals surface area contributed by atoms with Gasteiger partial charge in [0.05, 0.1) is 0 Å². The predicted octanol–water partition coefficient (Wildman–Crippen LogP) is 1.99. The molecule has 1 aliphatic rings. The van der Waals surface area contributed by atoms with E-state index in [-0.39, 0.29) is 12.0 Å². The first-order chi connectivity index (χ1) is 6.72. The second-order valence-corrected chi connectivity index (χ2v) is 3.29. The maximum atomic E-state index is 12.8. The van der Waals surface area contributed by atoms with Gasteiger partial charge in [-0.25, -0.2) is 8.78 Å². The Kier molecular flexibility index (Phi) is 2.19. The van der Waals surface area contributed by atoms with E-state index in [2.05, 4.69) is 0 Å². The number of hydrogen-bond acceptors (Lipinski definition) is 2. The molecule has 0 saturated heterocycles. The van der Waals surface area contributed by atoms with Gasteiger partial charge < -0.3 is 4.74 Å². The third-order valence-corrected chi connectivity index (χ3v) is 2.33. The van der Waals surface area contributed by atoms with Crippen molar-refractivity contribution in [2.24, 2.45) is 0 Å². The summed E-state index contributed by atoms with van der Waals surface area (Å²) in [6, 6.07) is 3.74. The van der Waals surface area contributed by atoms with Crippen LogP contribution in [0, 0.1) is 11.6 Å². The molecule has 74 valence electrons. The molecule has 0 aliphatic heterocycles. The molecular formula is C10H8F2O2. The van der Waals surface area contributed by atoms with Gasteiger partial charge in [0.2, 0.25) is 0 Å². The van der Waals surface area contributed by atoms with Crippen molar-refractivity contribution in [2.75, 3.05) is 0 Å². The zero-order chi connectivity index (χ0) is 10.1. The van der Waals surface area contributed by atoms with Crippen LogP contribution >= 0.6 is 0 Å². The molecular weight excluding hydrogens is 190 g/mol. The van der Waals surface area contributed by atoms with E-state index in [9.17, 15) is 13.6 Å². The fraction of sp³-hybridized carbons (Fsp3) is 0.300. The summed E-state index contributed by atoms with van der Waals surface area (Å²) in [7, 11) is 0. The lowest BCUT2D eigenvalue weighted by Gasteiger charge is -2.00. The highest BCUT2D eigenvalue weighted by atomic mass is 19.2. The number of carbonyl (C=O) groups is 1. The SMILES string of the molecule is O=CO[C@@H]1CC1c1ccc(F)c(F)c1. The van der Waals surface area contributed by atoms with Crippen LogP contribution in [0.4, 0.5) is 8.78 Å². The first-order valence-corrected chi connectivity index (χ1v) is 4.26. The van der Waals surface area contributed by atoms with Crippen molar-refractivity contribution in [1.82, 2.24) is 0 Å². The van der Waals surface area contributed by atoms with E-state index >= 15 is 0 Å². The molecule has 2 rings (SSSR count). The highest BCUT2D eigenvalue weighted by molar-refractivity contribution is 5.40. The molecule has 14 heavy (non-hydrogen) atoms. The standard InChI is InChI=1S/C10H8F2O2/c11-8-2-1-6(3-9(8)12)7-4-10(7)14-5-13/h1-3,5,7,10H,4H2/t7?,10-/m1/s1. The van der Waals surface area contributed by atoms with Gasteiger partial charge >= 0.3 is 0 Å². The van der Waals surface area contributed by atoms with Gasteiger partial charge in [-0.3, -0.25) is 4.79 Å². The van der Waals surface area contributed by atoms with Gasteiger partial charge in [-0.1, -0.05) is 6.07 Å². The van der Waals surface area contributed by atoms with E-state index in [1.807, 2.05) is 0 Å². The molecule has 1 unspecified atom stereocenters. The number of ether oxygens (including phenoxy) is 1. The van der Waals surface area contributed by atoms with Crippen LogP contribution in [0.15, 0.2) is 18.2 Å². The van der Waals surface area contributed by atoms with E-state index in [0.717, 1.165) is 12.1 Å². The van der Waals surface area contributed by atoms with E-state index < -0.39 is 11.6 Å². The molecule has 0 spiro atoms. The maximum absolute atomic E-state index is 12.8. The summed E-state index contributed by atoms with van der Waals surface area (Å²) in [6.07, 6.45) is 0.515. The molecule has 2 nitrogen and oxygen atoms in total.